The summed E-state index contributed by atoms with van der Waals surface area (Å²) >= 11 is 0. The van der Waals surface area contributed by atoms with Gasteiger partial charge >= 0.3 is 5.97 Å². The van der Waals surface area contributed by atoms with E-state index in [-0.39, 0.29) is 31.0 Å². The zero-order valence-corrected chi connectivity index (χ0v) is 11.7. The molecule has 0 aromatic heterocycles. The summed E-state index contributed by atoms with van der Waals surface area (Å²) in [5.41, 5.74) is 0.146. The number of carbonyl (C=O) groups is 2. The van der Waals surface area contributed by atoms with Crippen molar-refractivity contribution in [3.8, 4) is 5.75 Å². The van der Waals surface area contributed by atoms with Gasteiger partial charge in [-0.15, -0.1) is 0 Å². The lowest BCUT2D eigenvalue weighted by molar-refractivity contribution is -0.143. The summed E-state index contributed by atoms with van der Waals surface area (Å²) in [4.78, 5) is 25.1. The van der Waals surface area contributed by atoms with Crippen LogP contribution in [-0.4, -0.2) is 55.3 Å². The molecule has 0 fully saturated rings. The Bertz CT molecular complexity index is 461. The number of ether oxygens (including phenoxy) is 2. The first kappa shape index (κ1) is 16.0. The Morgan fingerprint density at radius 2 is 2.00 bits per heavy atom. The zero-order valence-electron chi connectivity index (χ0n) is 11.7. The fourth-order valence-electron chi connectivity index (χ4n) is 1.64. The molecule has 6 nitrogen and oxygen atoms in total. The van der Waals surface area contributed by atoms with Crippen LogP contribution in [-0.2, 0) is 14.3 Å². The van der Waals surface area contributed by atoms with Crippen molar-refractivity contribution < 1.29 is 24.2 Å². The molecule has 1 rings (SSSR count). The van der Waals surface area contributed by atoms with Crippen molar-refractivity contribution in [1.82, 2.24) is 4.90 Å². The van der Waals surface area contributed by atoms with Crippen LogP contribution in [0.5, 0.6) is 5.75 Å². The highest BCUT2D eigenvalue weighted by molar-refractivity contribution is 5.98. The van der Waals surface area contributed by atoms with E-state index in [1.165, 1.54) is 24.1 Å². The molecule has 1 N–H and O–H groups in total. The molecule has 0 aliphatic heterocycles. The number of nitrogens with zero attached hydrogens (tertiary/aromatic N) is 1. The molecule has 0 aliphatic rings. The number of benzene rings is 1. The summed E-state index contributed by atoms with van der Waals surface area (Å²) in [5, 5.41) is 9.70. The lowest BCUT2D eigenvalue weighted by Gasteiger charge is -2.21. The smallest absolute Gasteiger partial charge is 0.325 e. The fraction of sp³-hybridized carbons (Fsp3) is 0.429. The van der Waals surface area contributed by atoms with Crippen molar-refractivity contribution in [2.75, 3.05) is 33.4 Å². The van der Waals surface area contributed by atoms with Gasteiger partial charge in [-0.2, -0.15) is 0 Å². The van der Waals surface area contributed by atoms with Crippen LogP contribution >= 0.6 is 0 Å². The number of para-hydroxylation sites is 1. The molecule has 20 heavy (non-hydrogen) atoms. The maximum absolute atomic E-state index is 12.3. The van der Waals surface area contributed by atoms with Crippen LogP contribution in [0.2, 0.25) is 0 Å². The molecule has 0 atom stereocenters. The normalized spacial score (nSPS) is 10.1. The van der Waals surface area contributed by atoms with Crippen LogP contribution in [0, 0.1) is 0 Å². The monoisotopic (exact) mass is 281 g/mol. The average molecular weight is 281 g/mol. The summed E-state index contributed by atoms with van der Waals surface area (Å²) in [6.07, 6.45) is 0. The van der Waals surface area contributed by atoms with Gasteiger partial charge in [0.2, 0.25) is 0 Å². The van der Waals surface area contributed by atoms with E-state index in [2.05, 4.69) is 0 Å². The quantitative estimate of drug-likeness (QED) is 0.756. The Kier molecular flexibility index (Phi) is 6.52. The van der Waals surface area contributed by atoms with Gasteiger partial charge in [-0.1, -0.05) is 12.1 Å². The lowest BCUT2D eigenvalue weighted by Crippen LogP contribution is -2.38. The minimum absolute atomic E-state index is 0.122. The van der Waals surface area contributed by atoms with Gasteiger partial charge in [-0.05, 0) is 19.1 Å². The van der Waals surface area contributed by atoms with E-state index in [4.69, 9.17) is 9.47 Å². The maximum Gasteiger partial charge on any atom is 0.325 e. The molecule has 0 aliphatic carbocycles. The third kappa shape index (κ3) is 4.55. The second kappa shape index (κ2) is 8.16. The van der Waals surface area contributed by atoms with Gasteiger partial charge in [0.25, 0.3) is 5.91 Å². The van der Waals surface area contributed by atoms with Crippen molar-refractivity contribution in [3.05, 3.63) is 29.8 Å². The van der Waals surface area contributed by atoms with Crippen molar-refractivity contribution in [2.45, 2.75) is 6.92 Å². The molecule has 1 aromatic carbocycles. The number of hydrogen-bond donors (Lipinski definition) is 1. The summed E-state index contributed by atoms with van der Waals surface area (Å²) < 4.78 is 9.75. The first-order valence-corrected chi connectivity index (χ1v) is 6.32. The van der Waals surface area contributed by atoms with Crippen molar-refractivity contribution >= 4 is 11.9 Å². The maximum atomic E-state index is 12.3. The Morgan fingerprint density at radius 1 is 1.30 bits per heavy atom. The topological polar surface area (TPSA) is 76.1 Å². The number of methoxy groups -OCH3 is 1. The highest BCUT2D eigenvalue weighted by Crippen LogP contribution is 2.17. The third-order valence-corrected chi connectivity index (χ3v) is 2.61. The molecule has 110 valence electrons. The number of hydrogen-bond acceptors (Lipinski definition) is 5. The van der Waals surface area contributed by atoms with Crippen LogP contribution in [0.25, 0.3) is 0 Å². The van der Waals surface area contributed by atoms with Gasteiger partial charge in [-0.25, -0.2) is 0 Å². The minimum atomic E-state index is -0.493. The Morgan fingerprint density at radius 3 is 2.60 bits per heavy atom. The largest absolute Gasteiger partial charge is 0.507 e. The van der Waals surface area contributed by atoms with E-state index in [1.807, 2.05) is 0 Å². The van der Waals surface area contributed by atoms with E-state index in [0.717, 1.165) is 0 Å². The minimum Gasteiger partial charge on any atom is -0.507 e. The van der Waals surface area contributed by atoms with Gasteiger partial charge < -0.3 is 19.5 Å². The summed E-state index contributed by atoms with van der Waals surface area (Å²) in [6, 6.07) is 6.19. The highest BCUT2D eigenvalue weighted by Gasteiger charge is 2.21. The molecule has 0 saturated heterocycles. The average Bonchev–Trinajstić information content (AvgIpc) is 2.43. The van der Waals surface area contributed by atoms with Gasteiger partial charge in [0.1, 0.15) is 12.3 Å². The van der Waals surface area contributed by atoms with Crippen molar-refractivity contribution in [1.29, 1.82) is 0 Å². The SMILES string of the molecule is CCOC(=O)CN(CCOC)C(=O)c1ccccc1O. The molecular formula is C14H19NO5. The highest BCUT2D eigenvalue weighted by atomic mass is 16.5. The summed E-state index contributed by atoms with van der Waals surface area (Å²) in [5.74, 6) is -1.05. The number of phenolic OH excluding ortho intramolecular Hbond substituents is 1. The van der Waals surface area contributed by atoms with Gasteiger partial charge in [0.15, 0.2) is 0 Å². The van der Waals surface area contributed by atoms with Crippen LogP contribution < -0.4 is 0 Å². The molecule has 0 heterocycles. The molecule has 1 aromatic rings. The Labute approximate surface area is 117 Å². The molecule has 0 radical (unpaired) electrons. The first-order chi connectivity index (χ1) is 9.60. The van der Waals surface area contributed by atoms with E-state index in [0.29, 0.717) is 6.61 Å². The summed E-state index contributed by atoms with van der Waals surface area (Å²) in [6.45, 7) is 2.30. The van der Waals surface area contributed by atoms with E-state index in [1.54, 1.807) is 19.1 Å². The molecule has 1 amide bonds. The van der Waals surface area contributed by atoms with Crippen LogP contribution in [0.4, 0.5) is 0 Å². The number of amides is 1. The van der Waals surface area contributed by atoms with Crippen molar-refractivity contribution in [3.63, 3.8) is 0 Å². The Balaban J connectivity index is 2.84. The van der Waals surface area contributed by atoms with Crippen LogP contribution in [0.1, 0.15) is 17.3 Å². The molecule has 0 unspecified atom stereocenters. The fourth-order valence-corrected chi connectivity index (χ4v) is 1.64. The first-order valence-electron chi connectivity index (χ1n) is 6.32. The number of esters is 1. The van der Waals surface area contributed by atoms with Gasteiger partial charge in [-0.3, -0.25) is 9.59 Å². The predicted octanol–water partition coefficient (Wildman–Crippen LogP) is 1.04. The number of phenols is 1. The second-order valence-corrected chi connectivity index (χ2v) is 4.04. The van der Waals surface area contributed by atoms with Gasteiger partial charge in [0.05, 0.1) is 18.8 Å². The van der Waals surface area contributed by atoms with Crippen LogP contribution in [0.15, 0.2) is 24.3 Å². The Hall–Kier alpha value is -2.08. The molecule has 0 saturated carbocycles. The molecule has 0 spiro atoms. The molecule has 6 heteroatoms. The standard InChI is InChI=1S/C14H19NO5/c1-3-20-13(17)10-15(8-9-19-2)14(18)11-6-4-5-7-12(11)16/h4-7,16H,3,8-10H2,1-2H3. The van der Waals surface area contributed by atoms with E-state index >= 15 is 0 Å². The van der Waals surface area contributed by atoms with E-state index in [9.17, 15) is 14.7 Å². The summed E-state index contributed by atoms with van der Waals surface area (Å²) in [7, 11) is 1.51. The molecular weight excluding hydrogens is 262 g/mol. The third-order valence-electron chi connectivity index (χ3n) is 2.61. The zero-order chi connectivity index (χ0) is 15.0. The van der Waals surface area contributed by atoms with Crippen molar-refractivity contribution in [2.24, 2.45) is 0 Å². The number of rotatable bonds is 7. The van der Waals surface area contributed by atoms with E-state index < -0.39 is 11.9 Å². The molecule has 0 bridgehead atoms. The number of carbonyl (C=O) groups excluding carboxylic acids is 2. The van der Waals surface area contributed by atoms with Crippen LogP contribution in [0.3, 0.4) is 0 Å². The lowest BCUT2D eigenvalue weighted by atomic mass is 10.1. The number of aromatic hydroxyl groups is 1. The predicted molar refractivity (Wildman–Crippen MR) is 72.5 cm³/mol. The van der Waals surface area contributed by atoms with Gasteiger partial charge in [0, 0.05) is 13.7 Å². The second-order valence-electron chi connectivity index (χ2n) is 4.04.